The number of nitrogens with one attached hydrogen (secondary N) is 1. The van der Waals surface area contributed by atoms with E-state index in [0.29, 0.717) is 34.4 Å². The molecule has 192 valence electrons. The van der Waals surface area contributed by atoms with Crippen molar-refractivity contribution in [2.24, 2.45) is 0 Å². The zero-order valence-corrected chi connectivity index (χ0v) is 21.7. The van der Waals surface area contributed by atoms with E-state index in [9.17, 15) is 17.6 Å². The summed E-state index contributed by atoms with van der Waals surface area (Å²) in [5.74, 6) is -0.796. The van der Waals surface area contributed by atoms with Crippen LogP contribution in [0.2, 0.25) is 0 Å². The van der Waals surface area contributed by atoms with Gasteiger partial charge in [-0.1, -0.05) is 37.6 Å². The Hall–Kier alpha value is -3.59. The number of hydrogen-bond acceptors (Lipinski definition) is 5. The van der Waals surface area contributed by atoms with Gasteiger partial charge in [0.1, 0.15) is 5.82 Å². The second kappa shape index (κ2) is 10.0. The van der Waals surface area contributed by atoms with Gasteiger partial charge in [0, 0.05) is 11.3 Å². The van der Waals surface area contributed by atoms with Crippen LogP contribution in [0, 0.1) is 12.7 Å². The monoisotopic (exact) mass is 520 g/mol. The molecule has 2 aromatic carbocycles. The van der Waals surface area contributed by atoms with Crippen molar-refractivity contribution in [2.75, 3.05) is 16.8 Å². The smallest absolute Gasteiger partial charge is 0.256 e. The SMILES string of the molecule is CCCCc1ccc(NC(=O)c2cc(-c3ccccc3F)nc3c2c(C)nn3C2CCS(=O)(=O)C2)cc1. The van der Waals surface area contributed by atoms with Crippen LogP contribution in [-0.2, 0) is 16.3 Å². The molecule has 0 aliphatic carbocycles. The van der Waals surface area contributed by atoms with Crippen molar-refractivity contribution in [3.05, 3.63) is 77.2 Å². The minimum absolute atomic E-state index is 0.0409. The molecule has 37 heavy (non-hydrogen) atoms. The van der Waals surface area contributed by atoms with E-state index in [1.165, 1.54) is 11.6 Å². The summed E-state index contributed by atoms with van der Waals surface area (Å²) < 4.78 is 40.7. The van der Waals surface area contributed by atoms with Crippen molar-refractivity contribution in [1.82, 2.24) is 14.8 Å². The van der Waals surface area contributed by atoms with Crippen LogP contribution in [0.25, 0.3) is 22.3 Å². The van der Waals surface area contributed by atoms with Gasteiger partial charge in [-0.25, -0.2) is 22.5 Å². The van der Waals surface area contributed by atoms with Gasteiger partial charge in [-0.3, -0.25) is 4.79 Å². The van der Waals surface area contributed by atoms with Gasteiger partial charge < -0.3 is 5.32 Å². The fraction of sp³-hybridized carbons (Fsp3) is 0.321. The van der Waals surface area contributed by atoms with Crippen LogP contribution in [0.1, 0.15) is 53.8 Å². The van der Waals surface area contributed by atoms with Gasteiger partial charge in [-0.15, -0.1) is 0 Å². The number of rotatable bonds is 7. The molecular formula is C28H29FN4O3S. The molecule has 1 aliphatic rings. The van der Waals surface area contributed by atoms with Crippen molar-refractivity contribution in [3.63, 3.8) is 0 Å². The Morgan fingerprint density at radius 3 is 2.59 bits per heavy atom. The number of aromatic nitrogens is 3. The second-order valence-corrected chi connectivity index (χ2v) is 11.8. The van der Waals surface area contributed by atoms with Gasteiger partial charge in [-0.05, 0) is 62.1 Å². The van der Waals surface area contributed by atoms with Crippen LogP contribution in [0.3, 0.4) is 0 Å². The second-order valence-electron chi connectivity index (χ2n) is 9.57. The van der Waals surface area contributed by atoms with Crippen LogP contribution in [0.4, 0.5) is 10.1 Å². The van der Waals surface area contributed by atoms with Gasteiger partial charge in [0.2, 0.25) is 0 Å². The molecule has 0 bridgehead atoms. The third-order valence-electron chi connectivity index (χ3n) is 6.82. The molecule has 1 N–H and O–H groups in total. The Morgan fingerprint density at radius 2 is 1.92 bits per heavy atom. The van der Waals surface area contributed by atoms with Crippen molar-refractivity contribution in [1.29, 1.82) is 0 Å². The van der Waals surface area contributed by atoms with Gasteiger partial charge >= 0.3 is 0 Å². The Balaban J connectivity index is 1.59. The molecule has 2 aromatic heterocycles. The summed E-state index contributed by atoms with van der Waals surface area (Å²) in [5.41, 5.74) is 3.64. The Morgan fingerprint density at radius 1 is 1.16 bits per heavy atom. The lowest BCUT2D eigenvalue weighted by molar-refractivity contribution is 0.102. The Labute approximate surface area is 215 Å². The number of halogens is 1. The highest BCUT2D eigenvalue weighted by Gasteiger charge is 2.32. The van der Waals surface area contributed by atoms with E-state index in [1.54, 1.807) is 35.9 Å². The number of amides is 1. The highest BCUT2D eigenvalue weighted by Crippen LogP contribution is 2.33. The summed E-state index contributed by atoms with van der Waals surface area (Å²) in [6.07, 6.45) is 3.61. The predicted molar refractivity (Wildman–Crippen MR) is 143 cm³/mol. The molecule has 1 saturated heterocycles. The van der Waals surface area contributed by atoms with Crippen LogP contribution in [0.5, 0.6) is 0 Å². The van der Waals surface area contributed by atoms with Crippen LogP contribution in [0.15, 0.2) is 54.6 Å². The Kier molecular flexibility index (Phi) is 6.81. The first-order valence-corrected chi connectivity index (χ1v) is 14.3. The maximum Gasteiger partial charge on any atom is 0.256 e. The topological polar surface area (TPSA) is 93.9 Å². The lowest BCUT2D eigenvalue weighted by Crippen LogP contribution is -2.15. The summed E-state index contributed by atoms with van der Waals surface area (Å²) in [5, 5.41) is 8.08. The maximum absolute atomic E-state index is 14.7. The normalized spacial score (nSPS) is 16.8. The van der Waals surface area contributed by atoms with Crippen molar-refractivity contribution < 1.29 is 17.6 Å². The fourth-order valence-electron chi connectivity index (χ4n) is 4.86. The number of sulfone groups is 1. The zero-order chi connectivity index (χ0) is 26.2. The Bertz CT molecular complexity index is 1580. The fourth-order valence-corrected chi connectivity index (χ4v) is 6.55. The van der Waals surface area contributed by atoms with Crippen molar-refractivity contribution >= 4 is 32.5 Å². The number of aryl methyl sites for hydroxylation is 2. The molecule has 1 fully saturated rings. The number of nitrogens with zero attached hydrogens (tertiary/aromatic N) is 3. The molecule has 4 aromatic rings. The van der Waals surface area contributed by atoms with E-state index in [1.807, 2.05) is 24.3 Å². The lowest BCUT2D eigenvalue weighted by Gasteiger charge is -2.13. The summed E-state index contributed by atoms with van der Waals surface area (Å²) in [4.78, 5) is 18.3. The van der Waals surface area contributed by atoms with Gasteiger partial charge in [0.25, 0.3) is 5.91 Å². The molecule has 7 nitrogen and oxygen atoms in total. The number of fused-ring (bicyclic) bond motifs is 1. The summed E-state index contributed by atoms with van der Waals surface area (Å²) in [6.45, 7) is 3.92. The highest BCUT2D eigenvalue weighted by molar-refractivity contribution is 7.91. The molecule has 3 heterocycles. The molecule has 0 saturated carbocycles. The third kappa shape index (κ3) is 5.13. The molecule has 1 amide bonds. The first-order chi connectivity index (χ1) is 17.8. The number of pyridine rings is 1. The van der Waals surface area contributed by atoms with Crippen LogP contribution < -0.4 is 5.32 Å². The predicted octanol–water partition coefficient (Wildman–Crippen LogP) is 5.50. The number of benzene rings is 2. The van der Waals surface area contributed by atoms with Crippen molar-refractivity contribution in [3.8, 4) is 11.3 Å². The third-order valence-corrected chi connectivity index (χ3v) is 8.57. The van der Waals surface area contributed by atoms with Crippen molar-refractivity contribution in [2.45, 2.75) is 45.6 Å². The maximum atomic E-state index is 14.7. The average molecular weight is 521 g/mol. The molecule has 1 unspecified atom stereocenters. The molecule has 1 aliphatic heterocycles. The first kappa shape index (κ1) is 25.1. The highest BCUT2D eigenvalue weighted by atomic mass is 32.2. The van der Waals surface area contributed by atoms with Gasteiger partial charge in [0.15, 0.2) is 15.5 Å². The largest absolute Gasteiger partial charge is 0.322 e. The summed E-state index contributed by atoms with van der Waals surface area (Å²) in [6, 6.07) is 15.2. The number of carbonyl (C=O) groups is 1. The van der Waals surface area contributed by atoms with E-state index < -0.39 is 21.7 Å². The molecule has 1 atom stereocenters. The molecule has 0 spiro atoms. The summed E-state index contributed by atoms with van der Waals surface area (Å²) >= 11 is 0. The number of carbonyl (C=O) groups excluding carboxylic acids is 1. The minimum atomic E-state index is -3.18. The minimum Gasteiger partial charge on any atom is -0.322 e. The summed E-state index contributed by atoms with van der Waals surface area (Å²) in [7, 11) is -3.18. The van der Waals surface area contributed by atoms with E-state index in [2.05, 4.69) is 17.3 Å². The average Bonchev–Trinajstić information content (AvgIpc) is 3.41. The van der Waals surface area contributed by atoms with Crippen LogP contribution >= 0.6 is 0 Å². The zero-order valence-electron chi connectivity index (χ0n) is 20.9. The number of unbranched alkanes of at least 4 members (excludes halogenated alkanes) is 1. The lowest BCUT2D eigenvalue weighted by atomic mass is 10.0. The van der Waals surface area contributed by atoms with E-state index in [0.717, 1.165) is 19.3 Å². The first-order valence-electron chi connectivity index (χ1n) is 12.5. The number of anilines is 1. The van der Waals surface area contributed by atoms with E-state index >= 15 is 0 Å². The van der Waals surface area contributed by atoms with Crippen LogP contribution in [-0.4, -0.2) is 40.6 Å². The molecule has 0 radical (unpaired) electrons. The molecule has 5 rings (SSSR count). The van der Waals surface area contributed by atoms with E-state index in [-0.39, 0.29) is 28.7 Å². The molecular weight excluding hydrogens is 491 g/mol. The van der Waals surface area contributed by atoms with Gasteiger partial charge in [-0.2, -0.15) is 5.10 Å². The van der Waals surface area contributed by atoms with E-state index in [4.69, 9.17) is 4.98 Å². The molecule has 9 heteroatoms. The van der Waals surface area contributed by atoms with Gasteiger partial charge in [0.05, 0.1) is 39.9 Å². The number of hydrogen-bond donors (Lipinski definition) is 1. The standard InChI is InChI=1S/C28H29FN4O3S/c1-3-4-7-19-10-12-20(13-11-19)30-28(34)23-16-25(22-8-5-6-9-24(22)29)31-27-26(23)18(2)32-33(27)21-14-15-37(35,36)17-21/h5-6,8-13,16,21H,3-4,7,14-15,17H2,1-2H3,(H,30,34). The quantitative estimate of drug-likeness (QED) is 0.347.